The molecule has 1 atom stereocenters. The average molecular weight is 290 g/mol. The molecule has 0 bridgehead atoms. The van der Waals surface area contributed by atoms with E-state index in [1.165, 1.54) is 19.3 Å². The van der Waals surface area contributed by atoms with Gasteiger partial charge in [0.05, 0.1) is 6.61 Å². The first-order chi connectivity index (χ1) is 10.3. The van der Waals surface area contributed by atoms with Gasteiger partial charge in [-0.3, -0.25) is 4.79 Å². The molecule has 21 heavy (non-hydrogen) atoms. The first-order valence-corrected chi connectivity index (χ1v) is 8.15. The van der Waals surface area contributed by atoms with E-state index in [9.17, 15) is 4.79 Å². The van der Waals surface area contributed by atoms with Crippen molar-refractivity contribution >= 4 is 5.78 Å². The third kappa shape index (κ3) is 4.31. The van der Waals surface area contributed by atoms with Crippen molar-refractivity contribution in [3.8, 4) is 5.75 Å². The molecule has 1 fully saturated rings. The van der Waals surface area contributed by atoms with Crippen molar-refractivity contribution in [3.63, 3.8) is 0 Å². The van der Waals surface area contributed by atoms with Crippen LogP contribution < -0.4 is 4.74 Å². The fourth-order valence-corrected chi connectivity index (χ4v) is 3.09. The lowest BCUT2D eigenvalue weighted by Gasteiger charge is -2.29. The molecule has 0 amide bonds. The third-order valence-electron chi connectivity index (χ3n) is 4.13. The molecular formula is C18H26O3. The molecule has 1 unspecified atom stereocenters. The maximum absolute atomic E-state index is 12.7. The van der Waals surface area contributed by atoms with E-state index in [0.29, 0.717) is 19.1 Å². The number of carbonyl (C=O) groups excluding carboxylic acids is 1. The van der Waals surface area contributed by atoms with Crippen molar-refractivity contribution in [2.75, 3.05) is 13.2 Å². The highest BCUT2D eigenvalue weighted by atomic mass is 16.5. The normalized spacial score (nSPS) is 17.4. The van der Waals surface area contributed by atoms with Crippen LogP contribution in [0.3, 0.4) is 0 Å². The Morgan fingerprint density at radius 3 is 2.33 bits per heavy atom. The summed E-state index contributed by atoms with van der Waals surface area (Å²) < 4.78 is 11.2. The molecule has 2 rings (SSSR count). The molecule has 0 aromatic heterocycles. The molecule has 0 heterocycles. The number of rotatable bonds is 7. The Bertz CT molecular complexity index is 432. The number of benzene rings is 1. The van der Waals surface area contributed by atoms with Crippen LogP contribution in [0.25, 0.3) is 0 Å². The van der Waals surface area contributed by atoms with Gasteiger partial charge in [0, 0.05) is 12.2 Å². The van der Waals surface area contributed by atoms with E-state index < -0.39 is 0 Å². The lowest BCUT2D eigenvalue weighted by Crippen LogP contribution is -2.34. The minimum atomic E-state index is -0.284. The van der Waals surface area contributed by atoms with Gasteiger partial charge >= 0.3 is 0 Å². The second-order valence-electron chi connectivity index (χ2n) is 5.60. The van der Waals surface area contributed by atoms with Crippen LogP contribution in [0.4, 0.5) is 0 Å². The van der Waals surface area contributed by atoms with Crippen molar-refractivity contribution < 1.29 is 14.3 Å². The number of Topliss-reactive ketones (excluding diaryl/α,β-unsaturated/α-hetero) is 1. The number of ketones is 1. The smallest absolute Gasteiger partial charge is 0.191 e. The molecule has 1 aliphatic rings. The van der Waals surface area contributed by atoms with Gasteiger partial charge in [-0.2, -0.15) is 0 Å². The Kier molecular flexibility index (Phi) is 6.24. The molecule has 0 N–H and O–H groups in total. The van der Waals surface area contributed by atoms with Gasteiger partial charge in [-0.1, -0.05) is 19.3 Å². The van der Waals surface area contributed by atoms with E-state index in [4.69, 9.17) is 9.47 Å². The standard InChI is InChI=1S/C18H26O3/c1-3-20-16-12-10-14(11-13-16)17(19)18(21-4-2)15-8-6-5-7-9-15/h10-13,15,18H,3-9H2,1-2H3. The van der Waals surface area contributed by atoms with Crippen molar-refractivity contribution in [1.82, 2.24) is 0 Å². The summed E-state index contributed by atoms with van der Waals surface area (Å²) in [6.45, 7) is 5.13. The van der Waals surface area contributed by atoms with Crippen LogP contribution >= 0.6 is 0 Å². The van der Waals surface area contributed by atoms with E-state index in [2.05, 4.69) is 0 Å². The Labute approximate surface area is 127 Å². The SMILES string of the molecule is CCOc1ccc(C(=O)C(OCC)C2CCCCC2)cc1. The van der Waals surface area contributed by atoms with Crippen LogP contribution in [0.5, 0.6) is 5.75 Å². The minimum absolute atomic E-state index is 0.117. The summed E-state index contributed by atoms with van der Waals surface area (Å²) in [5.74, 6) is 1.30. The van der Waals surface area contributed by atoms with E-state index in [1.54, 1.807) is 0 Å². The largest absolute Gasteiger partial charge is 0.494 e. The summed E-state index contributed by atoms with van der Waals surface area (Å²) in [5.41, 5.74) is 0.725. The van der Waals surface area contributed by atoms with Crippen LogP contribution in [-0.2, 0) is 4.74 Å². The Morgan fingerprint density at radius 2 is 1.76 bits per heavy atom. The summed E-state index contributed by atoms with van der Waals surface area (Å²) in [6.07, 6.45) is 5.64. The quantitative estimate of drug-likeness (QED) is 0.704. The van der Waals surface area contributed by atoms with Crippen LogP contribution in [0.2, 0.25) is 0 Å². The molecule has 116 valence electrons. The van der Waals surface area contributed by atoms with Gasteiger partial charge in [0.15, 0.2) is 5.78 Å². The van der Waals surface area contributed by atoms with Gasteiger partial charge in [-0.05, 0) is 56.9 Å². The zero-order valence-electron chi connectivity index (χ0n) is 13.1. The summed E-state index contributed by atoms with van der Waals surface area (Å²) in [6, 6.07) is 7.42. The second-order valence-corrected chi connectivity index (χ2v) is 5.60. The molecule has 1 saturated carbocycles. The third-order valence-corrected chi connectivity index (χ3v) is 4.13. The molecule has 0 radical (unpaired) electrons. The summed E-state index contributed by atoms with van der Waals surface area (Å²) in [7, 11) is 0. The Balaban J connectivity index is 2.09. The van der Waals surface area contributed by atoms with E-state index in [-0.39, 0.29) is 11.9 Å². The second kappa shape index (κ2) is 8.18. The topological polar surface area (TPSA) is 35.5 Å². The van der Waals surface area contributed by atoms with Gasteiger partial charge in [0.2, 0.25) is 0 Å². The molecule has 0 aliphatic heterocycles. The van der Waals surface area contributed by atoms with Crippen LogP contribution in [0, 0.1) is 5.92 Å². The van der Waals surface area contributed by atoms with Gasteiger partial charge in [-0.15, -0.1) is 0 Å². The number of hydrogen-bond donors (Lipinski definition) is 0. The van der Waals surface area contributed by atoms with Gasteiger partial charge in [0.1, 0.15) is 11.9 Å². The van der Waals surface area contributed by atoms with Gasteiger partial charge in [-0.25, -0.2) is 0 Å². The molecule has 1 aromatic carbocycles. The lowest BCUT2D eigenvalue weighted by molar-refractivity contribution is 0.0127. The van der Waals surface area contributed by atoms with Crippen molar-refractivity contribution in [1.29, 1.82) is 0 Å². The zero-order valence-corrected chi connectivity index (χ0v) is 13.1. The van der Waals surface area contributed by atoms with Crippen molar-refractivity contribution in [2.45, 2.75) is 52.1 Å². The predicted molar refractivity (Wildman–Crippen MR) is 83.9 cm³/mol. The van der Waals surface area contributed by atoms with E-state index in [0.717, 1.165) is 24.2 Å². The zero-order chi connectivity index (χ0) is 15.1. The molecule has 0 spiro atoms. The molecule has 1 aliphatic carbocycles. The summed E-state index contributed by atoms with van der Waals surface area (Å²) in [5, 5.41) is 0. The highest BCUT2D eigenvalue weighted by Crippen LogP contribution is 2.30. The number of hydrogen-bond acceptors (Lipinski definition) is 3. The van der Waals surface area contributed by atoms with Crippen LogP contribution in [0.1, 0.15) is 56.3 Å². The van der Waals surface area contributed by atoms with E-state index in [1.807, 2.05) is 38.1 Å². The van der Waals surface area contributed by atoms with Crippen LogP contribution in [0.15, 0.2) is 24.3 Å². The van der Waals surface area contributed by atoms with Crippen molar-refractivity contribution in [2.24, 2.45) is 5.92 Å². The minimum Gasteiger partial charge on any atom is -0.494 e. The fourth-order valence-electron chi connectivity index (χ4n) is 3.09. The number of carbonyl (C=O) groups is 1. The van der Waals surface area contributed by atoms with Crippen molar-refractivity contribution in [3.05, 3.63) is 29.8 Å². The molecule has 3 heteroatoms. The molecule has 3 nitrogen and oxygen atoms in total. The Hall–Kier alpha value is -1.35. The summed E-state index contributed by atoms with van der Waals surface area (Å²) >= 11 is 0. The van der Waals surface area contributed by atoms with Gasteiger partial charge in [0.25, 0.3) is 0 Å². The first kappa shape index (κ1) is 16.0. The first-order valence-electron chi connectivity index (χ1n) is 8.15. The highest BCUT2D eigenvalue weighted by molar-refractivity contribution is 5.99. The molecule has 1 aromatic rings. The monoisotopic (exact) mass is 290 g/mol. The maximum atomic E-state index is 12.7. The Morgan fingerprint density at radius 1 is 1.10 bits per heavy atom. The van der Waals surface area contributed by atoms with Crippen LogP contribution in [-0.4, -0.2) is 25.1 Å². The number of ether oxygens (including phenoxy) is 2. The lowest BCUT2D eigenvalue weighted by atomic mass is 9.82. The predicted octanol–water partition coefficient (Wildman–Crippen LogP) is 4.25. The average Bonchev–Trinajstić information content (AvgIpc) is 2.54. The van der Waals surface area contributed by atoms with E-state index >= 15 is 0 Å². The summed E-state index contributed by atoms with van der Waals surface area (Å²) in [4.78, 5) is 12.7. The highest BCUT2D eigenvalue weighted by Gasteiger charge is 2.30. The van der Waals surface area contributed by atoms with Gasteiger partial charge < -0.3 is 9.47 Å². The maximum Gasteiger partial charge on any atom is 0.191 e. The molecule has 0 saturated heterocycles. The molecular weight excluding hydrogens is 264 g/mol. The fraction of sp³-hybridized carbons (Fsp3) is 0.611.